The molecule has 1 unspecified atom stereocenters. The molecule has 2 rings (SSSR count). The lowest BCUT2D eigenvalue weighted by atomic mass is 10.0. The first-order chi connectivity index (χ1) is 6.33. The van der Waals surface area contributed by atoms with E-state index < -0.39 is 0 Å². The largest absolute Gasteiger partial charge is 0.493 e. The summed E-state index contributed by atoms with van der Waals surface area (Å²) >= 11 is 6.09. The number of hydrogen-bond donors (Lipinski definition) is 1. The van der Waals surface area contributed by atoms with Crippen molar-refractivity contribution in [3.63, 3.8) is 0 Å². The van der Waals surface area contributed by atoms with Gasteiger partial charge in [0.1, 0.15) is 5.75 Å². The highest BCUT2D eigenvalue weighted by Crippen LogP contribution is 2.38. The average Bonchev–Trinajstić information content (AvgIpc) is 2.51. The van der Waals surface area contributed by atoms with E-state index in [1.165, 1.54) is 0 Å². The third kappa shape index (κ3) is 1.52. The molecule has 0 saturated carbocycles. The Hall–Kier alpha value is -0.730. The Bertz CT molecular complexity index is 312. The molecule has 0 spiro atoms. The van der Waals surface area contributed by atoms with Gasteiger partial charge in [0.05, 0.1) is 6.61 Å². The molecule has 0 bridgehead atoms. The Morgan fingerprint density at radius 3 is 3.23 bits per heavy atom. The van der Waals surface area contributed by atoms with Crippen LogP contribution >= 0.6 is 11.6 Å². The van der Waals surface area contributed by atoms with Gasteiger partial charge in [-0.25, -0.2) is 0 Å². The van der Waals surface area contributed by atoms with Crippen molar-refractivity contribution in [1.29, 1.82) is 0 Å². The fourth-order valence-electron chi connectivity index (χ4n) is 1.72. The summed E-state index contributed by atoms with van der Waals surface area (Å²) in [4.78, 5) is 0. The zero-order valence-corrected chi connectivity index (χ0v) is 8.27. The first kappa shape index (κ1) is 8.85. The number of hydrogen-bond acceptors (Lipinski definition) is 2. The van der Waals surface area contributed by atoms with Crippen molar-refractivity contribution in [3.05, 3.63) is 28.8 Å². The summed E-state index contributed by atoms with van der Waals surface area (Å²) in [5, 5.41) is 3.95. The van der Waals surface area contributed by atoms with E-state index in [0.717, 1.165) is 29.5 Å². The second kappa shape index (κ2) is 3.56. The summed E-state index contributed by atoms with van der Waals surface area (Å²) < 4.78 is 5.52. The summed E-state index contributed by atoms with van der Waals surface area (Å²) in [5.41, 5.74) is 1.15. The van der Waals surface area contributed by atoms with E-state index in [1.54, 1.807) is 0 Å². The van der Waals surface area contributed by atoms with Crippen molar-refractivity contribution in [2.75, 3.05) is 20.2 Å². The van der Waals surface area contributed by atoms with Gasteiger partial charge in [0.2, 0.25) is 0 Å². The van der Waals surface area contributed by atoms with Crippen LogP contribution in [0.25, 0.3) is 0 Å². The van der Waals surface area contributed by atoms with Gasteiger partial charge in [-0.1, -0.05) is 17.7 Å². The highest BCUT2D eigenvalue weighted by atomic mass is 35.5. The number of halogens is 1. The van der Waals surface area contributed by atoms with E-state index in [2.05, 4.69) is 5.32 Å². The SMILES string of the molecule is CNCC1COc2cccc(Cl)c21. The molecule has 1 aromatic rings. The van der Waals surface area contributed by atoms with Crippen LogP contribution in [0.3, 0.4) is 0 Å². The van der Waals surface area contributed by atoms with Crippen molar-refractivity contribution in [1.82, 2.24) is 5.32 Å². The van der Waals surface area contributed by atoms with Gasteiger partial charge in [0.15, 0.2) is 0 Å². The molecular weight excluding hydrogens is 186 g/mol. The standard InChI is InChI=1S/C10H12ClNO/c1-12-5-7-6-13-9-4-2-3-8(11)10(7)9/h2-4,7,12H,5-6H2,1H3. The van der Waals surface area contributed by atoms with Gasteiger partial charge in [-0.15, -0.1) is 0 Å². The van der Waals surface area contributed by atoms with Crippen LogP contribution < -0.4 is 10.1 Å². The van der Waals surface area contributed by atoms with E-state index in [0.29, 0.717) is 5.92 Å². The highest BCUT2D eigenvalue weighted by Gasteiger charge is 2.25. The van der Waals surface area contributed by atoms with Gasteiger partial charge >= 0.3 is 0 Å². The minimum Gasteiger partial charge on any atom is -0.493 e. The van der Waals surface area contributed by atoms with Gasteiger partial charge in [0.25, 0.3) is 0 Å². The molecule has 13 heavy (non-hydrogen) atoms. The predicted octanol–water partition coefficient (Wildman–Crippen LogP) is 2.04. The minimum absolute atomic E-state index is 0.397. The summed E-state index contributed by atoms with van der Waals surface area (Å²) in [7, 11) is 1.94. The smallest absolute Gasteiger partial charge is 0.124 e. The first-order valence-electron chi connectivity index (χ1n) is 4.38. The van der Waals surface area contributed by atoms with Crippen molar-refractivity contribution >= 4 is 11.6 Å². The van der Waals surface area contributed by atoms with Gasteiger partial charge in [-0.05, 0) is 19.2 Å². The van der Waals surface area contributed by atoms with E-state index in [-0.39, 0.29) is 0 Å². The van der Waals surface area contributed by atoms with E-state index in [4.69, 9.17) is 16.3 Å². The van der Waals surface area contributed by atoms with E-state index in [1.807, 2.05) is 25.2 Å². The van der Waals surface area contributed by atoms with Crippen LogP contribution in [0.5, 0.6) is 5.75 Å². The lowest BCUT2D eigenvalue weighted by Gasteiger charge is -2.08. The molecule has 1 N–H and O–H groups in total. The van der Waals surface area contributed by atoms with E-state index in [9.17, 15) is 0 Å². The van der Waals surface area contributed by atoms with Gasteiger partial charge in [-0.2, -0.15) is 0 Å². The number of ether oxygens (including phenoxy) is 1. The van der Waals surface area contributed by atoms with Crippen molar-refractivity contribution in [3.8, 4) is 5.75 Å². The van der Waals surface area contributed by atoms with Crippen LogP contribution in [0.2, 0.25) is 5.02 Å². The Morgan fingerprint density at radius 1 is 1.62 bits per heavy atom. The molecule has 0 fully saturated rings. The summed E-state index contributed by atoms with van der Waals surface area (Å²) in [6.07, 6.45) is 0. The molecule has 1 aliphatic heterocycles. The monoisotopic (exact) mass is 197 g/mol. The molecule has 0 aliphatic carbocycles. The third-order valence-corrected chi connectivity index (χ3v) is 2.64. The van der Waals surface area contributed by atoms with E-state index >= 15 is 0 Å². The van der Waals surface area contributed by atoms with Crippen LogP contribution in [0, 0.1) is 0 Å². The van der Waals surface area contributed by atoms with Crippen molar-refractivity contribution < 1.29 is 4.74 Å². The molecule has 1 aliphatic rings. The molecule has 1 aromatic carbocycles. The summed E-state index contributed by atoms with van der Waals surface area (Å²) in [5.74, 6) is 1.33. The van der Waals surface area contributed by atoms with Crippen LogP contribution in [0.15, 0.2) is 18.2 Å². The van der Waals surface area contributed by atoms with Crippen LogP contribution in [0.4, 0.5) is 0 Å². The maximum atomic E-state index is 6.09. The molecule has 0 amide bonds. The van der Waals surface area contributed by atoms with Crippen LogP contribution in [-0.4, -0.2) is 20.2 Å². The highest BCUT2D eigenvalue weighted by molar-refractivity contribution is 6.31. The second-order valence-corrected chi connectivity index (χ2v) is 3.62. The topological polar surface area (TPSA) is 21.3 Å². The molecular formula is C10H12ClNO. The fourth-order valence-corrected chi connectivity index (χ4v) is 2.04. The molecule has 1 atom stereocenters. The normalized spacial score (nSPS) is 19.7. The maximum Gasteiger partial charge on any atom is 0.124 e. The van der Waals surface area contributed by atoms with Gasteiger partial charge in [-0.3, -0.25) is 0 Å². The van der Waals surface area contributed by atoms with Crippen molar-refractivity contribution in [2.45, 2.75) is 5.92 Å². The van der Waals surface area contributed by atoms with Gasteiger partial charge in [0, 0.05) is 23.0 Å². The van der Waals surface area contributed by atoms with Crippen LogP contribution in [-0.2, 0) is 0 Å². The molecule has 1 heterocycles. The fraction of sp³-hybridized carbons (Fsp3) is 0.400. The number of rotatable bonds is 2. The molecule has 2 nitrogen and oxygen atoms in total. The first-order valence-corrected chi connectivity index (χ1v) is 4.76. The Balaban J connectivity index is 2.34. The third-order valence-electron chi connectivity index (χ3n) is 2.31. The number of benzene rings is 1. The Morgan fingerprint density at radius 2 is 2.46 bits per heavy atom. The molecule has 0 saturated heterocycles. The quantitative estimate of drug-likeness (QED) is 0.784. The zero-order chi connectivity index (χ0) is 9.26. The molecule has 70 valence electrons. The summed E-state index contributed by atoms with van der Waals surface area (Å²) in [6, 6.07) is 5.80. The minimum atomic E-state index is 0.397. The van der Waals surface area contributed by atoms with Crippen LogP contribution in [0.1, 0.15) is 11.5 Å². The zero-order valence-electron chi connectivity index (χ0n) is 7.51. The summed E-state index contributed by atoms with van der Waals surface area (Å²) in [6.45, 7) is 1.65. The molecule has 3 heteroatoms. The van der Waals surface area contributed by atoms with Gasteiger partial charge < -0.3 is 10.1 Å². The number of likely N-dealkylation sites (N-methyl/N-ethyl adjacent to an activating group) is 1. The molecule has 0 radical (unpaired) electrons. The number of nitrogens with one attached hydrogen (secondary N) is 1. The Labute approximate surface area is 82.9 Å². The van der Waals surface area contributed by atoms with Crippen molar-refractivity contribution in [2.24, 2.45) is 0 Å². The predicted molar refractivity (Wildman–Crippen MR) is 53.6 cm³/mol. The Kier molecular flexibility index (Phi) is 2.42. The second-order valence-electron chi connectivity index (χ2n) is 3.22. The lowest BCUT2D eigenvalue weighted by Crippen LogP contribution is -2.18. The maximum absolute atomic E-state index is 6.09. The lowest BCUT2D eigenvalue weighted by molar-refractivity contribution is 0.328. The average molecular weight is 198 g/mol. The number of fused-ring (bicyclic) bond motifs is 1. The molecule has 0 aromatic heterocycles.